The molecule has 2 aliphatic rings. The zero-order valence-electron chi connectivity index (χ0n) is 19.3. The van der Waals surface area contributed by atoms with Crippen molar-refractivity contribution in [2.24, 2.45) is 0 Å². The van der Waals surface area contributed by atoms with Gasteiger partial charge in [-0.05, 0) is 53.6 Å². The summed E-state index contributed by atoms with van der Waals surface area (Å²) in [6.45, 7) is 0. The van der Waals surface area contributed by atoms with Gasteiger partial charge in [0.15, 0.2) is 17.3 Å². The van der Waals surface area contributed by atoms with Gasteiger partial charge in [0.1, 0.15) is 17.2 Å². The molecular formula is C27H22O8. The highest BCUT2D eigenvalue weighted by molar-refractivity contribution is 6.15. The Balaban J connectivity index is 1.60. The Morgan fingerprint density at radius 2 is 1.69 bits per heavy atom. The van der Waals surface area contributed by atoms with Crippen molar-refractivity contribution >= 4 is 17.8 Å². The van der Waals surface area contributed by atoms with Crippen molar-refractivity contribution in [2.75, 3.05) is 21.3 Å². The molecule has 0 saturated heterocycles. The summed E-state index contributed by atoms with van der Waals surface area (Å²) in [6, 6.07) is 13.3. The van der Waals surface area contributed by atoms with Gasteiger partial charge in [-0.2, -0.15) is 0 Å². The predicted octanol–water partition coefficient (Wildman–Crippen LogP) is 4.48. The number of phenolic OH excluding ortho intramolecular Hbond substituents is 1. The Kier molecular flexibility index (Phi) is 5.56. The van der Waals surface area contributed by atoms with Crippen LogP contribution in [0.3, 0.4) is 0 Å². The molecule has 8 nitrogen and oxygen atoms in total. The smallest absolute Gasteiger partial charge is 0.312 e. The summed E-state index contributed by atoms with van der Waals surface area (Å²) in [6.07, 6.45) is 1.65. The number of aromatic hydroxyl groups is 1. The number of ether oxygens (including phenoxy) is 5. The van der Waals surface area contributed by atoms with E-state index >= 15 is 0 Å². The van der Waals surface area contributed by atoms with Gasteiger partial charge in [0.05, 0.1) is 33.3 Å². The normalized spacial score (nSPS) is 17.3. The van der Waals surface area contributed by atoms with E-state index in [9.17, 15) is 14.7 Å². The zero-order valence-corrected chi connectivity index (χ0v) is 19.3. The molecule has 1 N–H and O–H groups in total. The van der Waals surface area contributed by atoms with Crippen LogP contribution in [0.15, 0.2) is 54.3 Å². The van der Waals surface area contributed by atoms with E-state index in [1.54, 1.807) is 48.5 Å². The van der Waals surface area contributed by atoms with E-state index in [0.29, 0.717) is 45.4 Å². The minimum absolute atomic E-state index is 0.0520. The minimum Gasteiger partial charge on any atom is -0.508 e. The predicted molar refractivity (Wildman–Crippen MR) is 126 cm³/mol. The van der Waals surface area contributed by atoms with Gasteiger partial charge in [0.25, 0.3) is 0 Å². The number of hydrogen-bond acceptors (Lipinski definition) is 8. The lowest BCUT2D eigenvalue weighted by atomic mass is 9.84. The topological polar surface area (TPSA) is 101 Å². The maximum absolute atomic E-state index is 13.3. The fourth-order valence-corrected chi connectivity index (χ4v) is 4.47. The molecule has 3 aromatic carbocycles. The summed E-state index contributed by atoms with van der Waals surface area (Å²) in [4.78, 5) is 25.6. The number of phenols is 1. The maximum Gasteiger partial charge on any atom is 0.312 e. The molecule has 1 atom stereocenters. The molecule has 0 aromatic heterocycles. The lowest BCUT2D eigenvalue weighted by Crippen LogP contribution is -2.21. The molecule has 3 aromatic rings. The van der Waals surface area contributed by atoms with Crippen LogP contribution in [0.4, 0.5) is 0 Å². The number of carbonyl (C=O) groups is 2. The van der Waals surface area contributed by atoms with Crippen LogP contribution in [0.5, 0.6) is 34.5 Å². The second-order valence-corrected chi connectivity index (χ2v) is 8.08. The molecule has 0 radical (unpaired) electrons. The van der Waals surface area contributed by atoms with Gasteiger partial charge in [-0.25, -0.2) is 0 Å². The third-order valence-electron chi connectivity index (χ3n) is 6.04. The summed E-state index contributed by atoms with van der Waals surface area (Å²) in [5, 5.41) is 9.98. The summed E-state index contributed by atoms with van der Waals surface area (Å²) in [5.41, 5.74) is 2.29. The van der Waals surface area contributed by atoms with Crippen molar-refractivity contribution in [3.05, 3.63) is 76.5 Å². The first-order valence-corrected chi connectivity index (χ1v) is 10.8. The highest BCUT2D eigenvalue weighted by Gasteiger charge is 2.38. The molecule has 2 aliphatic heterocycles. The van der Waals surface area contributed by atoms with E-state index in [2.05, 4.69) is 0 Å². The van der Waals surface area contributed by atoms with E-state index < -0.39 is 11.9 Å². The highest BCUT2D eigenvalue weighted by atomic mass is 16.5. The molecule has 0 aliphatic carbocycles. The van der Waals surface area contributed by atoms with Gasteiger partial charge in [0.2, 0.25) is 11.5 Å². The van der Waals surface area contributed by atoms with Gasteiger partial charge >= 0.3 is 5.97 Å². The summed E-state index contributed by atoms with van der Waals surface area (Å²) in [5.74, 6) is 1.02. The van der Waals surface area contributed by atoms with Crippen LogP contribution in [0.1, 0.15) is 39.4 Å². The highest BCUT2D eigenvalue weighted by Crippen LogP contribution is 2.49. The molecule has 35 heavy (non-hydrogen) atoms. The first-order chi connectivity index (χ1) is 16.9. The number of Topliss-reactive ketones (excluding diaryl/α,β-unsaturated/α-hetero) is 1. The first-order valence-electron chi connectivity index (χ1n) is 10.8. The number of esters is 1. The van der Waals surface area contributed by atoms with E-state index in [1.807, 2.05) is 6.07 Å². The van der Waals surface area contributed by atoms with Gasteiger partial charge < -0.3 is 28.8 Å². The number of ketones is 1. The molecule has 0 saturated carbocycles. The molecule has 0 amide bonds. The van der Waals surface area contributed by atoms with Crippen LogP contribution < -0.4 is 23.7 Å². The van der Waals surface area contributed by atoms with Gasteiger partial charge in [-0.3, -0.25) is 9.59 Å². The Bertz CT molecular complexity index is 1360. The van der Waals surface area contributed by atoms with Crippen molar-refractivity contribution in [2.45, 2.75) is 12.3 Å². The minimum atomic E-state index is -0.443. The van der Waals surface area contributed by atoms with E-state index in [1.165, 1.54) is 21.3 Å². The van der Waals surface area contributed by atoms with Crippen LogP contribution in [0, 0.1) is 0 Å². The third kappa shape index (κ3) is 3.82. The second-order valence-electron chi connectivity index (χ2n) is 8.08. The fraction of sp³-hybridized carbons (Fsp3) is 0.185. The average Bonchev–Trinajstić information content (AvgIpc) is 3.17. The number of hydrogen-bond donors (Lipinski definition) is 1. The zero-order chi connectivity index (χ0) is 24.7. The standard InChI is InChI=1S/C27H22O8/c1-31-21-10-14(11-22(32-2)27(21)33-3)9-20-25(30)17-7-8-19-24(26(17)35-20)18(13-23(29)34-19)15-5-4-6-16(28)12-15/h4-12,18,28H,13H2,1-3H3/b20-9-. The molecular weight excluding hydrogens is 452 g/mol. The Hall–Kier alpha value is -4.46. The van der Waals surface area contributed by atoms with Crippen LogP contribution in [-0.2, 0) is 4.79 Å². The maximum atomic E-state index is 13.3. The molecule has 2 heterocycles. The van der Waals surface area contributed by atoms with Crippen LogP contribution in [0.25, 0.3) is 6.08 Å². The van der Waals surface area contributed by atoms with E-state index in [0.717, 1.165) is 5.56 Å². The monoisotopic (exact) mass is 474 g/mol. The number of carbonyl (C=O) groups excluding carboxylic acids is 2. The number of allylic oxidation sites excluding steroid dienone is 1. The van der Waals surface area contributed by atoms with Crippen molar-refractivity contribution in [3.8, 4) is 34.5 Å². The summed E-state index contributed by atoms with van der Waals surface area (Å²) >= 11 is 0. The lowest BCUT2D eigenvalue weighted by molar-refractivity contribution is -0.135. The SMILES string of the molecule is COc1cc(/C=C2\Oc3c(ccc4c3C(c3cccc(O)c3)CC(=O)O4)C2=O)cc(OC)c1OC. The van der Waals surface area contributed by atoms with Crippen LogP contribution >= 0.6 is 0 Å². The molecule has 1 unspecified atom stereocenters. The van der Waals surface area contributed by atoms with Gasteiger partial charge in [-0.1, -0.05) is 12.1 Å². The molecule has 0 fully saturated rings. The number of rotatable bonds is 5. The Morgan fingerprint density at radius 1 is 0.943 bits per heavy atom. The average molecular weight is 474 g/mol. The fourth-order valence-electron chi connectivity index (χ4n) is 4.47. The number of fused-ring (bicyclic) bond motifs is 3. The van der Waals surface area contributed by atoms with Crippen molar-refractivity contribution in [1.82, 2.24) is 0 Å². The van der Waals surface area contributed by atoms with Gasteiger partial charge in [0, 0.05) is 11.5 Å². The van der Waals surface area contributed by atoms with Crippen LogP contribution in [0.2, 0.25) is 0 Å². The number of methoxy groups -OCH3 is 3. The molecule has 0 bridgehead atoms. The third-order valence-corrected chi connectivity index (χ3v) is 6.04. The summed E-state index contributed by atoms with van der Waals surface area (Å²) in [7, 11) is 4.53. The van der Waals surface area contributed by atoms with Gasteiger partial charge in [-0.15, -0.1) is 0 Å². The molecule has 5 rings (SSSR count). The molecule has 8 heteroatoms. The lowest BCUT2D eigenvalue weighted by Gasteiger charge is -2.26. The molecule has 178 valence electrons. The van der Waals surface area contributed by atoms with E-state index in [4.69, 9.17) is 23.7 Å². The molecule has 0 spiro atoms. The van der Waals surface area contributed by atoms with Crippen molar-refractivity contribution in [3.63, 3.8) is 0 Å². The van der Waals surface area contributed by atoms with Crippen molar-refractivity contribution in [1.29, 1.82) is 0 Å². The largest absolute Gasteiger partial charge is 0.508 e. The number of benzene rings is 3. The first kappa shape index (κ1) is 22.3. The Labute approximate surface area is 201 Å². The quantitative estimate of drug-likeness (QED) is 0.328. The second kappa shape index (κ2) is 8.72. The van der Waals surface area contributed by atoms with Crippen LogP contribution in [-0.4, -0.2) is 38.2 Å². The summed E-state index contributed by atoms with van der Waals surface area (Å²) < 4.78 is 27.7. The van der Waals surface area contributed by atoms with Crippen molar-refractivity contribution < 1.29 is 38.4 Å². The Morgan fingerprint density at radius 3 is 2.34 bits per heavy atom. The van der Waals surface area contributed by atoms with E-state index in [-0.39, 0.29) is 23.7 Å².